The number of aryl methyl sites for hydroxylation is 1. The van der Waals surface area contributed by atoms with Gasteiger partial charge >= 0.3 is 0 Å². The number of Topliss-reactive ketones (excluding diaryl/α,β-unsaturated/α-hetero) is 1. The number of hydrogen-bond acceptors (Lipinski definition) is 3. The van der Waals surface area contributed by atoms with Gasteiger partial charge in [-0.1, -0.05) is 96.6 Å². The SMILES string of the molecule is Cc1ccc(C(=O)[C@H](O)[C@@H](NP(=O)(c2ccccc2)c2ccccc2)c2ccccc2)cc1. The fourth-order valence-corrected chi connectivity index (χ4v) is 6.26. The highest BCUT2D eigenvalue weighted by Crippen LogP contribution is 2.42. The molecule has 0 saturated carbocycles. The summed E-state index contributed by atoms with van der Waals surface area (Å²) in [6.07, 6.45) is -1.43. The lowest BCUT2D eigenvalue weighted by atomic mass is 9.95. The zero-order chi connectivity index (χ0) is 23.3. The molecule has 0 fully saturated rings. The van der Waals surface area contributed by atoms with Crippen molar-refractivity contribution in [3.63, 3.8) is 0 Å². The second-order valence-corrected chi connectivity index (χ2v) is 10.5. The molecular weight excluding hydrogens is 429 g/mol. The van der Waals surface area contributed by atoms with Crippen LogP contribution in [0.2, 0.25) is 0 Å². The third kappa shape index (κ3) is 5.04. The highest BCUT2D eigenvalue weighted by Gasteiger charge is 2.36. The fourth-order valence-electron chi connectivity index (χ4n) is 3.80. The van der Waals surface area contributed by atoms with Gasteiger partial charge in [-0.25, -0.2) is 5.09 Å². The Morgan fingerprint density at radius 1 is 0.727 bits per heavy atom. The molecule has 4 aromatic carbocycles. The van der Waals surface area contributed by atoms with E-state index in [-0.39, 0.29) is 0 Å². The van der Waals surface area contributed by atoms with E-state index in [1.807, 2.05) is 85.8 Å². The number of carbonyl (C=O) groups is 1. The van der Waals surface area contributed by atoms with E-state index in [0.29, 0.717) is 21.7 Å². The standard InChI is InChI=1S/C28H26NO3P/c1-21-17-19-23(20-18-21)27(30)28(31)26(22-11-5-2-6-12-22)29-33(32,24-13-7-3-8-14-24)25-15-9-4-10-16-25/h2-20,26,28,31H,1H3,(H,29,32)/t26-,28+/m0/s1. The number of ketones is 1. The van der Waals surface area contributed by atoms with Crippen LogP contribution in [0, 0.1) is 6.92 Å². The second-order valence-electron chi connectivity index (χ2n) is 7.97. The lowest BCUT2D eigenvalue weighted by Gasteiger charge is -2.30. The van der Waals surface area contributed by atoms with E-state index in [2.05, 4.69) is 5.09 Å². The van der Waals surface area contributed by atoms with Gasteiger partial charge in [0.05, 0.1) is 6.04 Å². The summed E-state index contributed by atoms with van der Waals surface area (Å²) in [6, 6.07) is 33.6. The van der Waals surface area contributed by atoms with Crippen molar-refractivity contribution in [2.75, 3.05) is 0 Å². The van der Waals surface area contributed by atoms with Gasteiger partial charge in [0.1, 0.15) is 6.10 Å². The number of nitrogens with one attached hydrogen (secondary N) is 1. The summed E-state index contributed by atoms with van der Waals surface area (Å²) in [4.78, 5) is 13.2. The number of aliphatic hydroxyl groups excluding tert-OH is 1. The number of benzene rings is 4. The molecule has 4 aromatic rings. The molecule has 0 aliphatic carbocycles. The number of rotatable bonds is 8. The molecule has 33 heavy (non-hydrogen) atoms. The van der Waals surface area contributed by atoms with Crippen molar-refractivity contribution in [1.29, 1.82) is 0 Å². The molecule has 166 valence electrons. The summed E-state index contributed by atoms with van der Waals surface area (Å²) in [5.41, 5.74) is 2.11. The zero-order valence-corrected chi connectivity index (χ0v) is 19.2. The van der Waals surface area contributed by atoms with Gasteiger partial charge in [0.2, 0.25) is 7.29 Å². The smallest absolute Gasteiger partial charge is 0.205 e. The van der Waals surface area contributed by atoms with E-state index in [0.717, 1.165) is 5.56 Å². The molecule has 0 amide bonds. The maximum atomic E-state index is 14.6. The van der Waals surface area contributed by atoms with E-state index in [4.69, 9.17) is 0 Å². The third-order valence-electron chi connectivity index (χ3n) is 5.64. The molecule has 0 radical (unpaired) electrons. The minimum atomic E-state index is -3.40. The Morgan fingerprint density at radius 3 is 1.67 bits per heavy atom. The quantitative estimate of drug-likeness (QED) is 0.296. The van der Waals surface area contributed by atoms with Crippen molar-refractivity contribution in [3.8, 4) is 0 Å². The van der Waals surface area contributed by atoms with Gasteiger partial charge in [0.25, 0.3) is 0 Å². The molecule has 5 heteroatoms. The van der Waals surface area contributed by atoms with Crippen LogP contribution in [0.3, 0.4) is 0 Å². The molecule has 0 unspecified atom stereocenters. The Kier molecular flexibility index (Phi) is 7.00. The Hall–Kier alpha value is -3.30. The molecule has 4 nitrogen and oxygen atoms in total. The van der Waals surface area contributed by atoms with Crippen molar-refractivity contribution in [2.24, 2.45) is 0 Å². The first kappa shape index (κ1) is 22.9. The van der Waals surface area contributed by atoms with Crippen LogP contribution in [0.4, 0.5) is 0 Å². The van der Waals surface area contributed by atoms with Gasteiger partial charge in [0.15, 0.2) is 5.78 Å². The highest BCUT2D eigenvalue weighted by molar-refractivity contribution is 7.76. The molecule has 0 saturated heterocycles. The maximum Gasteiger partial charge on any atom is 0.205 e. The van der Waals surface area contributed by atoms with E-state index >= 15 is 0 Å². The van der Waals surface area contributed by atoms with Crippen LogP contribution >= 0.6 is 7.29 Å². The third-order valence-corrected chi connectivity index (χ3v) is 8.33. The van der Waals surface area contributed by atoms with Gasteiger partial charge in [0, 0.05) is 16.2 Å². The van der Waals surface area contributed by atoms with Gasteiger partial charge in [-0.2, -0.15) is 0 Å². The first-order valence-corrected chi connectivity index (χ1v) is 12.5. The van der Waals surface area contributed by atoms with Crippen molar-refractivity contribution >= 4 is 23.7 Å². The molecular formula is C28H26NO3P. The highest BCUT2D eigenvalue weighted by atomic mass is 31.2. The molecule has 0 heterocycles. The largest absolute Gasteiger partial charge is 0.383 e. The van der Waals surface area contributed by atoms with Crippen molar-refractivity contribution in [2.45, 2.75) is 19.1 Å². The Bertz CT molecular complexity index is 1200. The van der Waals surface area contributed by atoms with Crippen molar-refractivity contribution in [1.82, 2.24) is 5.09 Å². The maximum absolute atomic E-state index is 14.6. The number of hydrogen-bond donors (Lipinski definition) is 2. The van der Waals surface area contributed by atoms with Crippen LogP contribution in [-0.2, 0) is 4.57 Å². The summed E-state index contributed by atoms with van der Waals surface area (Å²) in [7, 11) is -3.40. The van der Waals surface area contributed by atoms with Gasteiger partial charge in [-0.05, 0) is 36.8 Å². The average Bonchev–Trinajstić information content (AvgIpc) is 2.88. The average molecular weight is 455 g/mol. The van der Waals surface area contributed by atoms with E-state index < -0.39 is 25.2 Å². The molecule has 2 N–H and O–H groups in total. The van der Waals surface area contributed by atoms with E-state index in [1.165, 1.54) is 0 Å². The van der Waals surface area contributed by atoms with Crippen LogP contribution in [0.15, 0.2) is 115 Å². The molecule has 0 aromatic heterocycles. The van der Waals surface area contributed by atoms with Crippen molar-refractivity contribution < 1.29 is 14.5 Å². The van der Waals surface area contributed by atoms with Crippen LogP contribution in [0.1, 0.15) is 27.5 Å². The zero-order valence-electron chi connectivity index (χ0n) is 18.3. The minimum Gasteiger partial charge on any atom is -0.383 e. The Labute approximate surface area is 194 Å². The fraction of sp³-hybridized carbons (Fsp3) is 0.107. The summed E-state index contributed by atoms with van der Waals surface area (Å²) in [5, 5.41) is 15.7. The van der Waals surface area contributed by atoms with Crippen LogP contribution in [0.25, 0.3) is 0 Å². The van der Waals surface area contributed by atoms with Crippen LogP contribution < -0.4 is 15.7 Å². The van der Waals surface area contributed by atoms with Gasteiger partial charge in [-0.15, -0.1) is 0 Å². The second kappa shape index (κ2) is 10.1. The van der Waals surface area contributed by atoms with Crippen molar-refractivity contribution in [3.05, 3.63) is 132 Å². The van der Waals surface area contributed by atoms with E-state index in [1.54, 1.807) is 36.4 Å². The lowest BCUT2D eigenvalue weighted by Crippen LogP contribution is -2.40. The normalized spacial score (nSPS) is 13.3. The monoisotopic (exact) mass is 455 g/mol. The topological polar surface area (TPSA) is 66.4 Å². The summed E-state index contributed by atoms with van der Waals surface area (Å²) >= 11 is 0. The molecule has 0 aliphatic rings. The molecule has 0 spiro atoms. The first-order chi connectivity index (χ1) is 16.0. The molecule has 2 atom stereocenters. The number of aliphatic hydroxyl groups is 1. The molecule has 0 aliphatic heterocycles. The molecule has 0 bridgehead atoms. The van der Waals surface area contributed by atoms with E-state index in [9.17, 15) is 14.5 Å². The predicted molar refractivity (Wildman–Crippen MR) is 134 cm³/mol. The number of carbonyl (C=O) groups excluding carboxylic acids is 1. The summed E-state index contributed by atoms with van der Waals surface area (Å²) in [6.45, 7) is 1.94. The van der Waals surface area contributed by atoms with Gasteiger partial charge in [-0.3, -0.25) is 9.36 Å². The first-order valence-electron chi connectivity index (χ1n) is 10.8. The minimum absolute atomic E-state index is 0.407. The summed E-state index contributed by atoms with van der Waals surface area (Å²) < 4.78 is 14.6. The van der Waals surface area contributed by atoms with Crippen LogP contribution in [0.5, 0.6) is 0 Å². The van der Waals surface area contributed by atoms with Crippen LogP contribution in [-0.4, -0.2) is 17.0 Å². The summed E-state index contributed by atoms with van der Waals surface area (Å²) in [5.74, 6) is -0.427. The van der Waals surface area contributed by atoms with Gasteiger partial charge < -0.3 is 5.11 Å². The molecule has 4 rings (SSSR count). The predicted octanol–water partition coefficient (Wildman–Crippen LogP) is 4.80. The Morgan fingerprint density at radius 2 is 1.18 bits per heavy atom. The Balaban J connectivity index is 1.79. The lowest BCUT2D eigenvalue weighted by molar-refractivity contribution is 0.0679.